The molecule has 0 heterocycles. The van der Waals surface area contributed by atoms with E-state index in [4.69, 9.17) is 14.2 Å². The highest BCUT2D eigenvalue weighted by Crippen LogP contribution is 2.18. The number of methoxy groups -OCH3 is 2. The van der Waals surface area contributed by atoms with Crippen LogP contribution in [0.25, 0.3) is 0 Å². The average Bonchev–Trinajstić information content (AvgIpc) is 2.76. The lowest BCUT2D eigenvalue weighted by Gasteiger charge is -2.28. The molecule has 29 heavy (non-hydrogen) atoms. The van der Waals surface area contributed by atoms with Crippen LogP contribution in [0.4, 0.5) is 0 Å². The van der Waals surface area contributed by atoms with E-state index in [2.05, 4.69) is 5.32 Å². The zero-order chi connectivity index (χ0) is 21.2. The van der Waals surface area contributed by atoms with Crippen LogP contribution in [0, 0.1) is 0 Å². The van der Waals surface area contributed by atoms with E-state index < -0.39 is 6.04 Å². The van der Waals surface area contributed by atoms with Gasteiger partial charge < -0.3 is 24.4 Å². The molecule has 0 saturated heterocycles. The fraction of sp³-hybridized carbons (Fsp3) is 0.364. The van der Waals surface area contributed by atoms with Gasteiger partial charge in [0.05, 0.1) is 14.2 Å². The molecule has 2 aromatic carbocycles. The van der Waals surface area contributed by atoms with Crippen molar-refractivity contribution in [3.8, 4) is 17.2 Å². The lowest BCUT2D eigenvalue weighted by atomic mass is 10.1. The minimum Gasteiger partial charge on any atom is -0.497 e. The number of hydrogen-bond acceptors (Lipinski definition) is 5. The van der Waals surface area contributed by atoms with Crippen LogP contribution in [-0.4, -0.2) is 50.1 Å². The quantitative estimate of drug-likeness (QED) is 0.663. The van der Waals surface area contributed by atoms with Gasteiger partial charge in [0.2, 0.25) is 5.91 Å². The molecular weight excluding hydrogens is 372 g/mol. The smallest absolute Gasteiger partial charge is 0.261 e. The van der Waals surface area contributed by atoms with Crippen LogP contribution in [0.5, 0.6) is 17.2 Å². The largest absolute Gasteiger partial charge is 0.497 e. The Labute approximate surface area is 171 Å². The lowest BCUT2D eigenvalue weighted by Crippen LogP contribution is -2.49. The minimum atomic E-state index is -0.635. The summed E-state index contributed by atoms with van der Waals surface area (Å²) in [4.78, 5) is 26.7. The molecule has 0 aliphatic rings. The van der Waals surface area contributed by atoms with E-state index in [1.165, 1.54) is 4.90 Å². The van der Waals surface area contributed by atoms with Gasteiger partial charge in [0.1, 0.15) is 23.3 Å². The number of likely N-dealkylation sites (N-methyl/N-ethyl adjacent to an activating group) is 1. The van der Waals surface area contributed by atoms with Gasteiger partial charge >= 0.3 is 0 Å². The molecule has 0 aliphatic carbocycles. The Morgan fingerprint density at radius 1 is 0.931 bits per heavy atom. The number of ether oxygens (including phenoxy) is 3. The monoisotopic (exact) mass is 400 g/mol. The first kappa shape index (κ1) is 22.1. The molecule has 0 fully saturated rings. The summed E-state index contributed by atoms with van der Waals surface area (Å²) >= 11 is 0. The first-order valence-corrected chi connectivity index (χ1v) is 9.45. The van der Waals surface area contributed by atoms with E-state index in [9.17, 15) is 9.59 Å². The van der Waals surface area contributed by atoms with Crippen LogP contribution in [0.2, 0.25) is 0 Å². The summed E-state index contributed by atoms with van der Waals surface area (Å²) in [5.74, 6) is 1.49. The Morgan fingerprint density at radius 3 is 1.97 bits per heavy atom. The molecule has 7 nitrogen and oxygen atoms in total. The number of nitrogens with zero attached hydrogens (tertiary/aromatic N) is 1. The van der Waals surface area contributed by atoms with E-state index in [0.29, 0.717) is 18.0 Å². The molecule has 1 N–H and O–H groups in total. The summed E-state index contributed by atoms with van der Waals surface area (Å²) in [6.07, 6.45) is 0. The van der Waals surface area contributed by atoms with Crippen molar-refractivity contribution in [2.75, 3.05) is 27.4 Å². The van der Waals surface area contributed by atoms with Crippen molar-refractivity contribution in [3.05, 3.63) is 54.1 Å². The second-order valence-electron chi connectivity index (χ2n) is 6.40. The molecule has 1 atom stereocenters. The third-order valence-electron chi connectivity index (χ3n) is 4.45. The number of carbonyl (C=O) groups excluding carboxylic acids is 2. The molecule has 0 bridgehead atoms. The van der Waals surface area contributed by atoms with Crippen molar-refractivity contribution in [1.82, 2.24) is 10.2 Å². The molecule has 2 aromatic rings. The Hall–Kier alpha value is -3.22. The second-order valence-corrected chi connectivity index (χ2v) is 6.40. The number of amides is 2. The Bertz CT molecular complexity index is 790. The Balaban J connectivity index is 2.10. The summed E-state index contributed by atoms with van der Waals surface area (Å²) in [6, 6.07) is 13.7. The average molecular weight is 400 g/mol. The first-order chi connectivity index (χ1) is 14.0. The highest BCUT2D eigenvalue weighted by molar-refractivity contribution is 5.87. The summed E-state index contributed by atoms with van der Waals surface area (Å²) in [6.45, 7) is 4.16. The molecule has 0 saturated carbocycles. The zero-order valence-electron chi connectivity index (χ0n) is 17.3. The van der Waals surface area contributed by atoms with Gasteiger partial charge in [0, 0.05) is 13.1 Å². The van der Waals surface area contributed by atoms with Gasteiger partial charge in [-0.3, -0.25) is 9.59 Å². The van der Waals surface area contributed by atoms with Crippen LogP contribution in [0.1, 0.15) is 19.4 Å². The van der Waals surface area contributed by atoms with Gasteiger partial charge in [-0.1, -0.05) is 12.1 Å². The van der Waals surface area contributed by atoms with Crippen LogP contribution in [0.15, 0.2) is 48.5 Å². The van der Waals surface area contributed by atoms with Crippen LogP contribution in [-0.2, 0) is 16.1 Å². The predicted molar refractivity (Wildman–Crippen MR) is 110 cm³/mol. The first-order valence-electron chi connectivity index (χ1n) is 9.45. The van der Waals surface area contributed by atoms with Crippen LogP contribution < -0.4 is 19.5 Å². The molecule has 0 radical (unpaired) electrons. The third-order valence-corrected chi connectivity index (χ3v) is 4.45. The van der Waals surface area contributed by atoms with Gasteiger partial charge in [-0.25, -0.2) is 0 Å². The highest BCUT2D eigenvalue weighted by atomic mass is 16.5. The fourth-order valence-corrected chi connectivity index (χ4v) is 2.73. The maximum atomic E-state index is 12.9. The molecular formula is C22H28N2O5. The SMILES string of the molecule is CCNC(=O)[C@@H](C)N(Cc1ccc(OC)cc1)C(=O)COc1ccc(OC)cc1. The molecule has 0 unspecified atom stereocenters. The number of benzene rings is 2. The minimum absolute atomic E-state index is 0.174. The van der Waals surface area contributed by atoms with Gasteiger partial charge in [-0.2, -0.15) is 0 Å². The van der Waals surface area contributed by atoms with Crippen molar-refractivity contribution in [1.29, 1.82) is 0 Å². The zero-order valence-corrected chi connectivity index (χ0v) is 17.3. The van der Waals surface area contributed by atoms with Gasteiger partial charge in [0.25, 0.3) is 5.91 Å². The van der Waals surface area contributed by atoms with E-state index in [1.807, 2.05) is 31.2 Å². The number of nitrogens with one attached hydrogen (secondary N) is 1. The van der Waals surface area contributed by atoms with Crippen molar-refractivity contribution in [3.63, 3.8) is 0 Å². The van der Waals surface area contributed by atoms with Crippen molar-refractivity contribution in [2.45, 2.75) is 26.4 Å². The van der Waals surface area contributed by atoms with Crippen molar-refractivity contribution >= 4 is 11.8 Å². The molecule has 2 rings (SSSR count). The third kappa shape index (κ3) is 6.41. The molecule has 0 aromatic heterocycles. The Morgan fingerprint density at radius 2 is 1.45 bits per heavy atom. The van der Waals surface area contributed by atoms with E-state index in [1.54, 1.807) is 45.4 Å². The van der Waals surface area contributed by atoms with E-state index in [0.717, 1.165) is 11.3 Å². The van der Waals surface area contributed by atoms with E-state index in [-0.39, 0.29) is 25.0 Å². The molecule has 0 spiro atoms. The van der Waals surface area contributed by atoms with Crippen LogP contribution >= 0.6 is 0 Å². The maximum absolute atomic E-state index is 12.9. The lowest BCUT2D eigenvalue weighted by molar-refractivity contribution is -0.142. The van der Waals surface area contributed by atoms with Gasteiger partial charge in [0.15, 0.2) is 6.61 Å². The van der Waals surface area contributed by atoms with Crippen molar-refractivity contribution in [2.24, 2.45) is 0 Å². The number of hydrogen-bond donors (Lipinski definition) is 1. The highest BCUT2D eigenvalue weighted by Gasteiger charge is 2.26. The molecule has 2 amide bonds. The second kappa shape index (κ2) is 10.9. The van der Waals surface area contributed by atoms with Crippen molar-refractivity contribution < 1.29 is 23.8 Å². The predicted octanol–water partition coefficient (Wildman–Crippen LogP) is 2.64. The van der Waals surface area contributed by atoms with Crippen LogP contribution in [0.3, 0.4) is 0 Å². The van der Waals surface area contributed by atoms with Gasteiger partial charge in [-0.15, -0.1) is 0 Å². The number of rotatable bonds is 10. The summed E-state index contributed by atoms with van der Waals surface area (Å²) in [7, 11) is 3.18. The normalized spacial score (nSPS) is 11.3. The summed E-state index contributed by atoms with van der Waals surface area (Å²) in [5.41, 5.74) is 0.889. The molecule has 156 valence electrons. The summed E-state index contributed by atoms with van der Waals surface area (Å²) in [5, 5.41) is 2.76. The Kier molecular flexibility index (Phi) is 8.33. The standard InChI is InChI=1S/C22H28N2O5/c1-5-23-22(26)16(2)24(14-17-6-8-18(27-3)9-7-17)21(25)15-29-20-12-10-19(28-4)11-13-20/h6-13,16H,5,14-15H2,1-4H3,(H,23,26)/t16-/m1/s1. The van der Waals surface area contributed by atoms with E-state index >= 15 is 0 Å². The number of carbonyl (C=O) groups is 2. The molecule has 0 aliphatic heterocycles. The molecule has 7 heteroatoms. The fourth-order valence-electron chi connectivity index (χ4n) is 2.73. The topological polar surface area (TPSA) is 77.1 Å². The summed E-state index contributed by atoms with van der Waals surface area (Å²) < 4.78 is 15.9. The van der Waals surface area contributed by atoms with Gasteiger partial charge in [-0.05, 0) is 55.8 Å². The maximum Gasteiger partial charge on any atom is 0.261 e.